The number of benzene rings is 1. The third kappa shape index (κ3) is 1.43. The fourth-order valence-corrected chi connectivity index (χ4v) is 1.75. The molecule has 1 aliphatic heterocycles. The van der Waals surface area contributed by atoms with E-state index in [1.165, 1.54) is 11.1 Å². The maximum atomic E-state index is 5.60. The standard InChI is InChI=1S/C12H16O/c1-8(2)10-4-5-11-9(3)7-13-12(11)6-10/h4-6,8-9H,7H2,1-3H3/t9-/m0/s1. The molecule has 70 valence electrons. The Bertz CT molecular complexity index is 315. The van der Waals surface area contributed by atoms with Crippen LogP contribution in [0.25, 0.3) is 0 Å². The van der Waals surface area contributed by atoms with Crippen molar-refractivity contribution in [2.24, 2.45) is 0 Å². The van der Waals surface area contributed by atoms with E-state index in [2.05, 4.69) is 39.0 Å². The molecule has 0 saturated carbocycles. The predicted octanol–water partition coefficient (Wildman–Crippen LogP) is 3.31. The molecule has 0 spiro atoms. The molecule has 0 N–H and O–H groups in total. The molecule has 2 rings (SSSR count). The van der Waals surface area contributed by atoms with E-state index in [0.717, 1.165) is 12.4 Å². The van der Waals surface area contributed by atoms with Gasteiger partial charge in [0.15, 0.2) is 0 Å². The van der Waals surface area contributed by atoms with Gasteiger partial charge in [0.05, 0.1) is 6.61 Å². The van der Waals surface area contributed by atoms with Crippen LogP contribution >= 0.6 is 0 Å². The number of ether oxygens (including phenoxy) is 1. The van der Waals surface area contributed by atoms with E-state index in [1.807, 2.05) is 0 Å². The molecule has 1 heteroatoms. The van der Waals surface area contributed by atoms with Gasteiger partial charge in [-0.3, -0.25) is 0 Å². The first-order valence-corrected chi connectivity index (χ1v) is 4.95. The van der Waals surface area contributed by atoms with Gasteiger partial charge in [-0.15, -0.1) is 0 Å². The zero-order valence-electron chi connectivity index (χ0n) is 8.50. The first-order chi connectivity index (χ1) is 6.18. The molecule has 1 aromatic rings. The van der Waals surface area contributed by atoms with E-state index >= 15 is 0 Å². The quantitative estimate of drug-likeness (QED) is 0.638. The Balaban J connectivity index is 2.40. The van der Waals surface area contributed by atoms with Crippen LogP contribution < -0.4 is 4.74 Å². The number of hydrogen-bond acceptors (Lipinski definition) is 1. The van der Waals surface area contributed by atoms with E-state index < -0.39 is 0 Å². The Kier molecular flexibility index (Phi) is 2.03. The maximum absolute atomic E-state index is 5.60. The van der Waals surface area contributed by atoms with Crippen molar-refractivity contribution in [3.63, 3.8) is 0 Å². The summed E-state index contributed by atoms with van der Waals surface area (Å²) in [5.41, 5.74) is 2.73. The van der Waals surface area contributed by atoms with Gasteiger partial charge in [0.2, 0.25) is 0 Å². The normalized spacial score (nSPS) is 20.2. The highest BCUT2D eigenvalue weighted by molar-refractivity contribution is 5.43. The summed E-state index contributed by atoms with van der Waals surface area (Å²) in [5.74, 6) is 2.25. The highest BCUT2D eigenvalue weighted by Gasteiger charge is 2.20. The zero-order chi connectivity index (χ0) is 9.42. The summed E-state index contributed by atoms with van der Waals surface area (Å²) in [7, 11) is 0. The fraction of sp³-hybridized carbons (Fsp3) is 0.500. The third-order valence-electron chi connectivity index (χ3n) is 2.72. The molecule has 1 aromatic carbocycles. The second-order valence-electron chi connectivity index (χ2n) is 4.16. The molecule has 1 nitrogen and oxygen atoms in total. The minimum absolute atomic E-state index is 0.566. The summed E-state index contributed by atoms with van der Waals surface area (Å²) in [5, 5.41) is 0. The van der Waals surface area contributed by atoms with Crippen molar-refractivity contribution in [3.8, 4) is 5.75 Å². The Labute approximate surface area is 79.7 Å². The highest BCUT2D eigenvalue weighted by Crippen LogP contribution is 2.35. The molecular formula is C12H16O. The monoisotopic (exact) mass is 176 g/mol. The molecule has 0 radical (unpaired) electrons. The summed E-state index contributed by atoms with van der Waals surface area (Å²) < 4.78 is 5.60. The number of rotatable bonds is 1. The minimum atomic E-state index is 0.566. The first kappa shape index (κ1) is 8.61. The van der Waals surface area contributed by atoms with Crippen molar-refractivity contribution in [1.29, 1.82) is 0 Å². The maximum Gasteiger partial charge on any atom is 0.123 e. The minimum Gasteiger partial charge on any atom is -0.493 e. The lowest BCUT2D eigenvalue weighted by Gasteiger charge is -2.07. The molecule has 0 aliphatic carbocycles. The van der Waals surface area contributed by atoms with Crippen molar-refractivity contribution in [2.75, 3.05) is 6.61 Å². The molecule has 0 saturated heterocycles. The van der Waals surface area contributed by atoms with Gasteiger partial charge in [-0.1, -0.05) is 32.9 Å². The Morgan fingerprint density at radius 2 is 2.15 bits per heavy atom. The Morgan fingerprint density at radius 3 is 2.85 bits per heavy atom. The van der Waals surface area contributed by atoms with Crippen LogP contribution in [-0.2, 0) is 0 Å². The average molecular weight is 176 g/mol. The second-order valence-corrected chi connectivity index (χ2v) is 4.16. The van der Waals surface area contributed by atoms with Crippen molar-refractivity contribution < 1.29 is 4.74 Å². The van der Waals surface area contributed by atoms with Crippen molar-refractivity contribution in [2.45, 2.75) is 32.6 Å². The third-order valence-corrected chi connectivity index (χ3v) is 2.72. The SMILES string of the molecule is CC(C)c1ccc2c(c1)OC[C@@H]2C. The van der Waals surface area contributed by atoms with Gasteiger partial charge in [-0.2, -0.15) is 0 Å². The molecule has 0 bridgehead atoms. The van der Waals surface area contributed by atoms with E-state index in [0.29, 0.717) is 11.8 Å². The first-order valence-electron chi connectivity index (χ1n) is 4.95. The van der Waals surface area contributed by atoms with Crippen molar-refractivity contribution >= 4 is 0 Å². The summed E-state index contributed by atoms with van der Waals surface area (Å²) in [4.78, 5) is 0. The smallest absolute Gasteiger partial charge is 0.123 e. The topological polar surface area (TPSA) is 9.23 Å². The lowest BCUT2D eigenvalue weighted by molar-refractivity contribution is 0.337. The Morgan fingerprint density at radius 1 is 1.38 bits per heavy atom. The molecule has 0 unspecified atom stereocenters. The van der Waals surface area contributed by atoms with Gasteiger partial charge < -0.3 is 4.74 Å². The van der Waals surface area contributed by atoms with Crippen LogP contribution in [0.2, 0.25) is 0 Å². The van der Waals surface area contributed by atoms with Gasteiger partial charge in [-0.05, 0) is 17.5 Å². The molecule has 0 amide bonds. The molecule has 0 aromatic heterocycles. The lowest BCUT2D eigenvalue weighted by atomic mass is 9.97. The number of fused-ring (bicyclic) bond motifs is 1. The molecule has 0 fully saturated rings. The molecule has 1 atom stereocenters. The summed E-state index contributed by atoms with van der Waals surface area (Å²) >= 11 is 0. The van der Waals surface area contributed by atoms with Crippen LogP contribution in [0, 0.1) is 0 Å². The van der Waals surface area contributed by atoms with Gasteiger partial charge >= 0.3 is 0 Å². The van der Waals surface area contributed by atoms with E-state index in [1.54, 1.807) is 0 Å². The van der Waals surface area contributed by atoms with E-state index in [9.17, 15) is 0 Å². The summed E-state index contributed by atoms with van der Waals surface area (Å²) in [6.07, 6.45) is 0. The lowest BCUT2D eigenvalue weighted by Crippen LogP contribution is -1.93. The van der Waals surface area contributed by atoms with Crippen LogP contribution in [-0.4, -0.2) is 6.61 Å². The molecule has 13 heavy (non-hydrogen) atoms. The van der Waals surface area contributed by atoms with Gasteiger partial charge in [0.25, 0.3) is 0 Å². The van der Waals surface area contributed by atoms with Crippen LogP contribution in [0.1, 0.15) is 43.7 Å². The van der Waals surface area contributed by atoms with Crippen molar-refractivity contribution in [3.05, 3.63) is 29.3 Å². The highest BCUT2D eigenvalue weighted by atomic mass is 16.5. The summed E-state index contributed by atoms with van der Waals surface area (Å²) in [6.45, 7) is 7.47. The van der Waals surface area contributed by atoms with E-state index in [-0.39, 0.29) is 0 Å². The van der Waals surface area contributed by atoms with Crippen LogP contribution in [0.5, 0.6) is 5.75 Å². The molecule has 1 aliphatic rings. The molecule has 1 heterocycles. The van der Waals surface area contributed by atoms with Crippen LogP contribution in [0.15, 0.2) is 18.2 Å². The zero-order valence-corrected chi connectivity index (χ0v) is 8.50. The van der Waals surface area contributed by atoms with Crippen LogP contribution in [0.4, 0.5) is 0 Å². The van der Waals surface area contributed by atoms with Gasteiger partial charge in [0.1, 0.15) is 5.75 Å². The predicted molar refractivity (Wildman–Crippen MR) is 54.4 cm³/mol. The second kappa shape index (κ2) is 3.06. The van der Waals surface area contributed by atoms with Gasteiger partial charge in [-0.25, -0.2) is 0 Å². The fourth-order valence-electron chi connectivity index (χ4n) is 1.75. The van der Waals surface area contributed by atoms with Gasteiger partial charge in [0, 0.05) is 11.5 Å². The molecular weight excluding hydrogens is 160 g/mol. The van der Waals surface area contributed by atoms with Crippen LogP contribution in [0.3, 0.4) is 0 Å². The van der Waals surface area contributed by atoms with Crippen molar-refractivity contribution in [1.82, 2.24) is 0 Å². The largest absolute Gasteiger partial charge is 0.493 e. The average Bonchev–Trinajstić information content (AvgIpc) is 2.47. The number of hydrogen-bond donors (Lipinski definition) is 0. The summed E-state index contributed by atoms with van der Waals surface area (Å²) in [6, 6.07) is 6.61. The van der Waals surface area contributed by atoms with E-state index in [4.69, 9.17) is 4.74 Å². The Hall–Kier alpha value is -0.980.